The van der Waals surface area contributed by atoms with Crippen LogP contribution in [0.15, 0.2) is 85.1 Å². The van der Waals surface area contributed by atoms with Crippen LogP contribution in [0.3, 0.4) is 0 Å². The molecule has 4 rings (SSSR count). The van der Waals surface area contributed by atoms with Crippen LogP contribution in [-0.2, 0) is 9.53 Å². The van der Waals surface area contributed by atoms with Gasteiger partial charge in [0, 0.05) is 10.6 Å². The zero-order chi connectivity index (χ0) is 25.5. The lowest BCUT2D eigenvalue weighted by atomic mass is 10.1. The summed E-state index contributed by atoms with van der Waals surface area (Å²) >= 11 is 5.86. The summed E-state index contributed by atoms with van der Waals surface area (Å²) in [6.45, 7) is -0.622. The van der Waals surface area contributed by atoms with Crippen molar-refractivity contribution in [1.82, 2.24) is 9.78 Å². The number of nitrogens with zero attached hydrogens (tertiary/aromatic N) is 3. The number of halogens is 1. The highest BCUT2D eigenvalue weighted by molar-refractivity contribution is 6.30. The molecule has 4 aromatic rings. The Kier molecular flexibility index (Phi) is 7.39. The molecule has 0 aliphatic heterocycles. The fraction of sp³-hybridized carbons (Fsp3) is 0.0385. The van der Waals surface area contributed by atoms with E-state index < -0.39 is 24.4 Å². The molecule has 1 aromatic heterocycles. The number of aromatic nitrogens is 2. The second-order valence-electron chi connectivity index (χ2n) is 7.40. The summed E-state index contributed by atoms with van der Waals surface area (Å²) in [5.41, 5.74) is 1.42. The van der Waals surface area contributed by atoms with Gasteiger partial charge in [0.15, 0.2) is 12.4 Å². The van der Waals surface area contributed by atoms with Crippen LogP contribution in [0.4, 0.5) is 11.5 Å². The monoisotopic (exact) mass is 499 g/mol. The zero-order valence-electron chi connectivity index (χ0n) is 18.6. The highest BCUT2D eigenvalue weighted by Crippen LogP contribution is 2.21. The van der Waals surface area contributed by atoms with Gasteiger partial charge in [-0.15, -0.1) is 0 Å². The van der Waals surface area contributed by atoms with Crippen LogP contribution in [0.5, 0.6) is 0 Å². The number of carbonyl (C=O) groups is 3. The number of ether oxygens (including phenoxy) is 1. The first-order valence-corrected chi connectivity index (χ1v) is 11.0. The number of esters is 1. The third kappa shape index (κ3) is 5.58. The predicted molar refractivity (Wildman–Crippen MR) is 133 cm³/mol. The normalized spacial score (nSPS) is 10.2. The molecule has 0 aliphatic rings. The fourth-order valence-corrected chi connectivity index (χ4v) is 3.38. The van der Waals surface area contributed by atoms with Gasteiger partial charge in [-0.2, -0.15) is 10.4 Å². The number of para-hydroxylation sites is 2. The van der Waals surface area contributed by atoms with Gasteiger partial charge in [0.05, 0.1) is 23.1 Å². The first-order chi connectivity index (χ1) is 17.5. The lowest BCUT2D eigenvalue weighted by Gasteiger charge is -2.12. The molecule has 0 aliphatic carbocycles. The Morgan fingerprint density at radius 1 is 0.944 bits per heavy atom. The lowest BCUT2D eigenvalue weighted by Crippen LogP contribution is -2.23. The minimum absolute atomic E-state index is 0.0691. The molecule has 0 spiro atoms. The van der Waals surface area contributed by atoms with Crippen LogP contribution in [0.2, 0.25) is 5.02 Å². The van der Waals surface area contributed by atoms with Crippen molar-refractivity contribution in [2.75, 3.05) is 17.2 Å². The molecule has 0 bridgehead atoms. The van der Waals surface area contributed by atoms with Gasteiger partial charge in [-0.1, -0.05) is 41.9 Å². The van der Waals surface area contributed by atoms with Gasteiger partial charge in [-0.05, 0) is 48.5 Å². The standard InChI is InChI=1S/C26H18ClN5O4/c27-19-12-10-17(11-13-19)25(34)30-22-9-5-4-8-21(22)26(35)36-16-23(33)31-24-18(14-28)15-29-32(24)20-6-2-1-3-7-20/h1-13,15H,16H2,(H,30,34)(H,31,33). The number of benzene rings is 3. The maximum absolute atomic E-state index is 12.7. The van der Waals surface area contributed by atoms with Crippen molar-refractivity contribution in [3.05, 3.63) is 107 Å². The van der Waals surface area contributed by atoms with Crippen LogP contribution in [0, 0.1) is 11.3 Å². The van der Waals surface area contributed by atoms with Crippen molar-refractivity contribution in [1.29, 1.82) is 5.26 Å². The van der Waals surface area contributed by atoms with E-state index in [2.05, 4.69) is 15.7 Å². The number of hydrogen-bond donors (Lipinski definition) is 2. The molecule has 0 saturated carbocycles. The number of carbonyl (C=O) groups excluding carboxylic acids is 3. The van der Waals surface area contributed by atoms with Gasteiger partial charge in [0.25, 0.3) is 11.8 Å². The third-order valence-corrected chi connectivity index (χ3v) is 5.24. The van der Waals surface area contributed by atoms with Crippen LogP contribution in [0.25, 0.3) is 5.69 Å². The van der Waals surface area contributed by atoms with Crippen LogP contribution < -0.4 is 10.6 Å². The highest BCUT2D eigenvalue weighted by Gasteiger charge is 2.19. The average Bonchev–Trinajstić information content (AvgIpc) is 3.30. The average molecular weight is 500 g/mol. The molecular formula is C26H18ClN5O4. The molecule has 9 nitrogen and oxygen atoms in total. The zero-order valence-corrected chi connectivity index (χ0v) is 19.4. The topological polar surface area (TPSA) is 126 Å². The van der Waals surface area contributed by atoms with Gasteiger partial charge in [-0.3, -0.25) is 9.59 Å². The Balaban J connectivity index is 1.43. The molecule has 0 radical (unpaired) electrons. The Morgan fingerprint density at radius 2 is 1.64 bits per heavy atom. The number of rotatable bonds is 7. The molecular weight excluding hydrogens is 482 g/mol. The number of nitrogens with one attached hydrogen (secondary N) is 2. The molecule has 178 valence electrons. The molecule has 0 fully saturated rings. The van der Waals surface area contributed by atoms with Crippen molar-refractivity contribution in [3.8, 4) is 11.8 Å². The number of nitriles is 1. The molecule has 0 saturated heterocycles. The van der Waals surface area contributed by atoms with Crippen molar-refractivity contribution >= 4 is 40.9 Å². The Bertz CT molecular complexity index is 1460. The van der Waals surface area contributed by atoms with E-state index in [0.29, 0.717) is 16.3 Å². The fourth-order valence-electron chi connectivity index (χ4n) is 3.26. The Labute approximate surface area is 210 Å². The third-order valence-electron chi connectivity index (χ3n) is 4.98. The van der Waals surface area contributed by atoms with E-state index in [1.807, 2.05) is 12.1 Å². The van der Waals surface area contributed by atoms with Gasteiger partial charge in [0.2, 0.25) is 0 Å². The van der Waals surface area contributed by atoms with Crippen molar-refractivity contribution in [2.45, 2.75) is 0 Å². The van der Waals surface area contributed by atoms with Crippen LogP contribution >= 0.6 is 11.6 Å². The molecule has 36 heavy (non-hydrogen) atoms. The van der Waals surface area contributed by atoms with E-state index in [1.165, 1.54) is 16.9 Å². The minimum atomic E-state index is -0.811. The van der Waals surface area contributed by atoms with Crippen LogP contribution in [0.1, 0.15) is 26.3 Å². The molecule has 2 amide bonds. The Morgan fingerprint density at radius 3 is 2.36 bits per heavy atom. The summed E-state index contributed by atoms with van der Waals surface area (Å²) in [7, 11) is 0. The summed E-state index contributed by atoms with van der Waals surface area (Å²) in [5.74, 6) is -1.77. The second kappa shape index (κ2) is 11.0. The first kappa shape index (κ1) is 24.2. The molecule has 0 atom stereocenters. The lowest BCUT2D eigenvalue weighted by molar-refractivity contribution is -0.119. The first-order valence-electron chi connectivity index (χ1n) is 10.6. The number of hydrogen-bond acceptors (Lipinski definition) is 6. The summed E-state index contributed by atoms with van der Waals surface area (Å²) < 4.78 is 6.57. The minimum Gasteiger partial charge on any atom is -0.452 e. The molecule has 3 aromatic carbocycles. The summed E-state index contributed by atoms with van der Waals surface area (Å²) in [6, 6.07) is 23.4. The SMILES string of the molecule is N#Cc1cnn(-c2ccccc2)c1NC(=O)COC(=O)c1ccccc1NC(=O)c1ccc(Cl)cc1. The van der Waals surface area contributed by atoms with E-state index in [9.17, 15) is 19.6 Å². The molecule has 2 N–H and O–H groups in total. The maximum atomic E-state index is 12.7. The summed E-state index contributed by atoms with van der Waals surface area (Å²) in [4.78, 5) is 37.8. The van der Waals surface area contributed by atoms with Crippen molar-refractivity contribution in [3.63, 3.8) is 0 Å². The van der Waals surface area contributed by atoms with Gasteiger partial charge in [-0.25, -0.2) is 9.48 Å². The van der Waals surface area contributed by atoms with E-state index in [4.69, 9.17) is 16.3 Å². The van der Waals surface area contributed by atoms with Crippen LogP contribution in [-0.4, -0.2) is 34.2 Å². The maximum Gasteiger partial charge on any atom is 0.340 e. The number of anilines is 2. The second-order valence-corrected chi connectivity index (χ2v) is 7.83. The largest absolute Gasteiger partial charge is 0.452 e. The van der Waals surface area contributed by atoms with E-state index in [0.717, 1.165) is 0 Å². The summed E-state index contributed by atoms with van der Waals surface area (Å²) in [5, 5.41) is 19.2. The van der Waals surface area contributed by atoms with Gasteiger partial charge in [0.1, 0.15) is 11.6 Å². The summed E-state index contributed by atoms with van der Waals surface area (Å²) in [6.07, 6.45) is 1.33. The number of amides is 2. The van der Waals surface area contributed by atoms with E-state index in [1.54, 1.807) is 66.7 Å². The van der Waals surface area contributed by atoms with Gasteiger partial charge >= 0.3 is 5.97 Å². The van der Waals surface area contributed by atoms with Gasteiger partial charge < -0.3 is 15.4 Å². The highest BCUT2D eigenvalue weighted by atomic mass is 35.5. The van der Waals surface area contributed by atoms with E-state index >= 15 is 0 Å². The van der Waals surface area contributed by atoms with E-state index in [-0.39, 0.29) is 22.6 Å². The van der Waals surface area contributed by atoms with Crippen molar-refractivity contribution < 1.29 is 19.1 Å². The molecule has 0 unspecified atom stereocenters. The molecule has 10 heteroatoms. The van der Waals surface area contributed by atoms with Crippen molar-refractivity contribution in [2.24, 2.45) is 0 Å². The Hall–Kier alpha value is -4.94. The predicted octanol–water partition coefficient (Wildman–Crippen LogP) is 4.45. The molecule has 1 heterocycles. The smallest absolute Gasteiger partial charge is 0.340 e. The quantitative estimate of drug-likeness (QED) is 0.362.